The number of halogens is 2. The lowest BCUT2D eigenvalue weighted by Crippen LogP contribution is -2.24. The molecule has 0 spiro atoms. The van der Waals surface area contributed by atoms with Crippen LogP contribution in [-0.2, 0) is 6.54 Å². The number of nitrogens with zero attached hydrogens (tertiary/aromatic N) is 3. The first-order chi connectivity index (χ1) is 13.6. The molecule has 2 aromatic carbocycles. The number of hydrogen-bond acceptors (Lipinski definition) is 4. The van der Waals surface area contributed by atoms with E-state index in [1.807, 2.05) is 12.1 Å². The third-order valence-corrected chi connectivity index (χ3v) is 4.65. The van der Waals surface area contributed by atoms with E-state index in [1.54, 1.807) is 48.5 Å². The molecule has 0 aliphatic heterocycles. The van der Waals surface area contributed by atoms with Crippen LogP contribution < -0.4 is 10.3 Å². The van der Waals surface area contributed by atoms with Gasteiger partial charge in [-0.15, -0.1) is 0 Å². The van der Waals surface area contributed by atoms with E-state index < -0.39 is 5.95 Å². The van der Waals surface area contributed by atoms with E-state index in [4.69, 9.17) is 16.3 Å². The quantitative estimate of drug-likeness (QED) is 0.483. The zero-order chi connectivity index (χ0) is 19.7. The molecule has 28 heavy (non-hydrogen) atoms. The van der Waals surface area contributed by atoms with E-state index >= 15 is 0 Å². The van der Waals surface area contributed by atoms with E-state index in [-0.39, 0.29) is 23.5 Å². The normalized spacial score (nSPS) is 11.0. The summed E-state index contributed by atoms with van der Waals surface area (Å²) in [5, 5.41) is 6.08. The summed E-state index contributed by atoms with van der Waals surface area (Å²) in [5.74, 6) is -0.547. The van der Waals surface area contributed by atoms with Crippen LogP contribution in [0.2, 0.25) is 5.02 Å². The number of aromatic nitrogens is 3. The Balaban J connectivity index is 1.92. The van der Waals surface area contributed by atoms with Crippen LogP contribution in [0.15, 0.2) is 65.5 Å². The largest absolute Gasteiger partial charge is 0.481 e. The van der Waals surface area contributed by atoms with Crippen molar-refractivity contribution < 1.29 is 9.13 Å². The molecule has 0 aliphatic carbocycles. The molecule has 0 N–H and O–H groups in total. The Bertz CT molecular complexity index is 1220. The van der Waals surface area contributed by atoms with Gasteiger partial charge in [0.15, 0.2) is 0 Å². The first-order valence-corrected chi connectivity index (χ1v) is 8.90. The zero-order valence-corrected chi connectivity index (χ0v) is 15.7. The number of ether oxygens (including phenoxy) is 1. The van der Waals surface area contributed by atoms with Gasteiger partial charge in [-0.1, -0.05) is 41.9 Å². The molecule has 0 unspecified atom stereocenters. The summed E-state index contributed by atoms with van der Waals surface area (Å²) in [4.78, 5) is 16.7. The van der Waals surface area contributed by atoms with Crippen LogP contribution in [0.1, 0.15) is 5.56 Å². The summed E-state index contributed by atoms with van der Waals surface area (Å²) < 4.78 is 20.9. The second-order valence-electron chi connectivity index (χ2n) is 6.18. The van der Waals surface area contributed by atoms with Crippen LogP contribution in [0.25, 0.3) is 22.0 Å². The number of methoxy groups -OCH3 is 1. The smallest absolute Gasteiger partial charge is 0.274 e. The van der Waals surface area contributed by atoms with Crippen molar-refractivity contribution in [2.75, 3.05) is 7.11 Å². The minimum Gasteiger partial charge on any atom is -0.481 e. The summed E-state index contributed by atoms with van der Waals surface area (Å²) >= 11 is 5.93. The highest BCUT2D eigenvalue weighted by Gasteiger charge is 2.16. The lowest BCUT2D eigenvalue weighted by atomic mass is 10.1. The molecule has 0 aliphatic rings. The fraction of sp³-hybridized carbons (Fsp3) is 0.0952. The Hall–Kier alpha value is -3.25. The van der Waals surface area contributed by atoms with Crippen LogP contribution in [-0.4, -0.2) is 21.9 Å². The minimum atomic E-state index is -0.714. The summed E-state index contributed by atoms with van der Waals surface area (Å²) in [7, 11) is 1.42. The fourth-order valence-electron chi connectivity index (χ4n) is 3.01. The summed E-state index contributed by atoms with van der Waals surface area (Å²) in [5.41, 5.74) is 1.14. The second-order valence-corrected chi connectivity index (χ2v) is 6.61. The molecule has 2 aromatic heterocycles. The Labute approximate surface area is 165 Å². The van der Waals surface area contributed by atoms with E-state index in [0.29, 0.717) is 21.5 Å². The van der Waals surface area contributed by atoms with E-state index in [1.165, 1.54) is 11.8 Å². The lowest BCUT2D eigenvalue weighted by molar-refractivity contribution is 0.388. The summed E-state index contributed by atoms with van der Waals surface area (Å²) in [6.45, 7) is 0.235. The molecule has 0 saturated carbocycles. The monoisotopic (exact) mass is 395 g/mol. The molecule has 140 valence electrons. The first kappa shape index (κ1) is 18.1. The van der Waals surface area contributed by atoms with Crippen LogP contribution in [0.4, 0.5) is 4.39 Å². The average Bonchev–Trinajstić information content (AvgIpc) is 2.72. The maximum absolute atomic E-state index is 14.6. The third-order valence-electron chi connectivity index (χ3n) is 4.40. The van der Waals surface area contributed by atoms with Crippen molar-refractivity contribution >= 4 is 22.4 Å². The minimum absolute atomic E-state index is 0.167. The van der Waals surface area contributed by atoms with Gasteiger partial charge in [0.05, 0.1) is 24.6 Å². The van der Waals surface area contributed by atoms with Crippen LogP contribution >= 0.6 is 11.6 Å². The van der Waals surface area contributed by atoms with Gasteiger partial charge in [-0.3, -0.25) is 4.79 Å². The SMILES string of the molecule is COc1ccc(-c2nn(Cc3ccc(Cl)cc3)c(=O)c3ccccc23)c(F)n1. The maximum Gasteiger partial charge on any atom is 0.274 e. The molecule has 0 fully saturated rings. The van der Waals surface area contributed by atoms with Gasteiger partial charge >= 0.3 is 0 Å². The van der Waals surface area contributed by atoms with Gasteiger partial charge in [0.2, 0.25) is 11.8 Å². The number of pyridine rings is 1. The Morgan fingerprint density at radius 2 is 1.75 bits per heavy atom. The predicted molar refractivity (Wildman–Crippen MR) is 106 cm³/mol. The molecule has 0 radical (unpaired) electrons. The fourth-order valence-corrected chi connectivity index (χ4v) is 3.14. The molecule has 2 heterocycles. The van der Waals surface area contributed by atoms with Gasteiger partial charge in [-0.05, 0) is 29.8 Å². The Morgan fingerprint density at radius 3 is 2.43 bits per heavy atom. The molecule has 0 bridgehead atoms. The van der Waals surface area contributed by atoms with Gasteiger partial charge in [0.1, 0.15) is 5.69 Å². The van der Waals surface area contributed by atoms with Crippen LogP contribution in [0.3, 0.4) is 0 Å². The van der Waals surface area contributed by atoms with Crippen molar-refractivity contribution in [3.63, 3.8) is 0 Å². The van der Waals surface area contributed by atoms with E-state index in [2.05, 4.69) is 10.1 Å². The number of benzene rings is 2. The summed E-state index contributed by atoms with van der Waals surface area (Å²) in [6, 6.07) is 17.2. The Kier molecular flexibility index (Phi) is 4.79. The molecule has 0 atom stereocenters. The van der Waals surface area contributed by atoms with Crippen molar-refractivity contribution in [1.82, 2.24) is 14.8 Å². The second kappa shape index (κ2) is 7.40. The van der Waals surface area contributed by atoms with Gasteiger partial charge < -0.3 is 4.74 Å². The van der Waals surface area contributed by atoms with Crippen molar-refractivity contribution in [2.24, 2.45) is 0 Å². The molecule has 0 amide bonds. The number of fused-ring (bicyclic) bond motifs is 1. The van der Waals surface area contributed by atoms with Crippen molar-refractivity contribution in [1.29, 1.82) is 0 Å². The molecular formula is C21H15ClFN3O2. The number of hydrogen-bond donors (Lipinski definition) is 0. The van der Waals surface area contributed by atoms with Gasteiger partial charge in [0, 0.05) is 16.5 Å². The summed E-state index contributed by atoms with van der Waals surface area (Å²) in [6.07, 6.45) is 0. The third kappa shape index (κ3) is 3.34. The average molecular weight is 396 g/mol. The highest BCUT2D eigenvalue weighted by molar-refractivity contribution is 6.30. The van der Waals surface area contributed by atoms with Crippen molar-refractivity contribution in [2.45, 2.75) is 6.54 Å². The van der Waals surface area contributed by atoms with Crippen molar-refractivity contribution in [3.05, 3.63) is 87.6 Å². The molecule has 7 heteroatoms. The Morgan fingerprint density at radius 1 is 1.04 bits per heavy atom. The lowest BCUT2D eigenvalue weighted by Gasteiger charge is -2.12. The molecule has 5 nitrogen and oxygen atoms in total. The van der Waals surface area contributed by atoms with Gasteiger partial charge in [0.25, 0.3) is 5.56 Å². The first-order valence-electron chi connectivity index (χ1n) is 8.52. The van der Waals surface area contributed by atoms with Gasteiger partial charge in [-0.2, -0.15) is 14.5 Å². The van der Waals surface area contributed by atoms with Crippen LogP contribution in [0, 0.1) is 5.95 Å². The maximum atomic E-state index is 14.6. The van der Waals surface area contributed by atoms with E-state index in [9.17, 15) is 9.18 Å². The number of rotatable bonds is 4. The standard InChI is InChI=1S/C21H15ClFN3O2/c1-28-18-11-10-17(20(23)24-18)19-15-4-2-3-5-16(15)21(27)26(25-19)12-13-6-8-14(22)9-7-13/h2-11H,12H2,1H3. The predicted octanol–water partition coefficient (Wildman–Crippen LogP) is 4.31. The molecular weight excluding hydrogens is 381 g/mol. The molecule has 0 saturated heterocycles. The molecule has 4 aromatic rings. The van der Waals surface area contributed by atoms with Crippen molar-refractivity contribution in [3.8, 4) is 17.1 Å². The highest BCUT2D eigenvalue weighted by Crippen LogP contribution is 2.27. The highest BCUT2D eigenvalue weighted by atomic mass is 35.5. The zero-order valence-electron chi connectivity index (χ0n) is 14.9. The topological polar surface area (TPSA) is 57.0 Å². The van der Waals surface area contributed by atoms with Crippen LogP contribution in [0.5, 0.6) is 5.88 Å². The van der Waals surface area contributed by atoms with Gasteiger partial charge in [-0.25, -0.2) is 4.68 Å². The molecule has 4 rings (SSSR count). The van der Waals surface area contributed by atoms with E-state index in [0.717, 1.165) is 5.56 Å².